The van der Waals surface area contributed by atoms with E-state index in [-0.39, 0.29) is 5.41 Å². The molecule has 0 saturated carbocycles. The minimum Gasteiger partial charge on any atom is -0.456 e. The second kappa shape index (κ2) is 15.5. The smallest absolute Gasteiger partial charge is 0.160 e. The Bertz CT molecular complexity index is 3500. The van der Waals surface area contributed by atoms with E-state index >= 15 is 0 Å². The molecule has 2 heterocycles. The standard InChI is InChI=1S/C61H43N3O/c1-61(2)52-28-13-12-25-48(52)49-26-15-29-55(59(49)61)64(47-24-14-23-44(37-47)40-17-6-3-7-18-40)46-34-31-41(32-35-46)45-33-36-56-51(38-45)58-50(27-16-30-57(58)65-56)54-39-53(42-19-8-4-9-20-42)62-60(63-54)43-21-10-5-11-22-43/h3-39H,1-2H3. The molecule has 65 heavy (non-hydrogen) atoms. The van der Waals surface area contributed by atoms with E-state index in [0.29, 0.717) is 5.82 Å². The average Bonchev–Trinajstić information content (AvgIpc) is 3.86. The van der Waals surface area contributed by atoms with Crippen LogP contribution in [0.2, 0.25) is 0 Å². The van der Waals surface area contributed by atoms with Gasteiger partial charge in [0, 0.05) is 44.3 Å². The lowest BCUT2D eigenvalue weighted by Crippen LogP contribution is -2.20. The van der Waals surface area contributed by atoms with Crippen molar-refractivity contribution in [2.24, 2.45) is 0 Å². The second-order valence-electron chi connectivity index (χ2n) is 17.4. The Balaban J connectivity index is 0.980. The third-order valence-electron chi connectivity index (χ3n) is 13.1. The van der Waals surface area contributed by atoms with Gasteiger partial charge in [-0.25, -0.2) is 9.97 Å². The Kier molecular flexibility index (Phi) is 9.13. The Morgan fingerprint density at radius 3 is 1.77 bits per heavy atom. The van der Waals surface area contributed by atoms with Crippen molar-refractivity contribution < 1.29 is 4.42 Å². The third kappa shape index (κ3) is 6.61. The molecule has 0 amide bonds. The molecule has 0 unspecified atom stereocenters. The maximum atomic E-state index is 6.55. The Morgan fingerprint density at radius 1 is 0.400 bits per heavy atom. The number of fused-ring (bicyclic) bond motifs is 6. The number of hydrogen-bond acceptors (Lipinski definition) is 4. The number of aromatic nitrogens is 2. The summed E-state index contributed by atoms with van der Waals surface area (Å²) in [5.74, 6) is 0.682. The van der Waals surface area contributed by atoms with Crippen molar-refractivity contribution >= 4 is 39.0 Å². The van der Waals surface area contributed by atoms with Crippen molar-refractivity contribution in [2.45, 2.75) is 19.3 Å². The fraction of sp³-hybridized carbons (Fsp3) is 0.0492. The maximum Gasteiger partial charge on any atom is 0.160 e. The molecule has 0 aliphatic heterocycles. The number of furan rings is 1. The normalized spacial score (nSPS) is 12.6. The van der Waals surface area contributed by atoms with E-state index in [1.54, 1.807) is 0 Å². The molecule has 2 aromatic heterocycles. The van der Waals surface area contributed by atoms with Gasteiger partial charge >= 0.3 is 0 Å². The Morgan fingerprint density at radius 2 is 0.985 bits per heavy atom. The predicted octanol–water partition coefficient (Wildman–Crippen LogP) is 16.5. The van der Waals surface area contributed by atoms with E-state index in [9.17, 15) is 0 Å². The molecule has 11 aromatic rings. The van der Waals surface area contributed by atoms with Gasteiger partial charge < -0.3 is 9.32 Å². The van der Waals surface area contributed by atoms with Crippen LogP contribution in [-0.4, -0.2) is 9.97 Å². The summed E-state index contributed by atoms with van der Waals surface area (Å²) in [6.07, 6.45) is 0. The van der Waals surface area contributed by atoms with Gasteiger partial charge in [-0.15, -0.1) is 0 Å². The largest absolute Gasteiger partial charge is 0.456 e. The molecular formula is C61H43N3O. The Hall–Kier alpha value is -8.34. The number of rotatable bonds is 8. The van der Waals surface area contributed by atoms with Crippen LogP contribution in [0.4, 0.5) is 17.1 Å². The van der Waals surface area contributed by atoms with E-state index < -0.39 is 0 Å². The zero-order chi connectivity index (χ0) is 43.5. The molecular weight excluding hydrogens is 791 g/mol. The van der Waals surface area contributed by atoms with E-state index in [2.05, 4.69) is 201 Å². The molecule has 0 spiro atoms. The van der Waals surface area contributed by atoms with Crippen molar-refractivity contribution in [3.05, 3.63) is 236 Å². The molecule has 0 bridgehead atoms. The molecule has 0 saturated heterocycles. The van der Waals surface area contributed by atoms with Crippen LogP contribution in [0.3, 0.4) is 0 Å². The zero-order valence-corrected chi connectivity index (χ0v) is 36.1. The van der Waals surface area contributed by atoms with Crippen LogP contribution in [0.25, 0.3) is 89.2 Å². The van der Waals surface area contributed by atoms with Crippen LogP contribution in [0.1, 0.15) is 25.0 Å². The minimum absolute atomic E-state index is 0.197. The van der Waals surface area contributed by atoms with Gasteiger partial charge in [-0.1, -0.05) is 184 Å². The highest BCUT2D eigenvalue weighted by Crippen LogP contribution is 2.54. The topological polar surface area (TPSA) is 42.2 Å². The van der Waals surface area contributed by atoms with Crippen LogP contribution in [-0.2, 0) is 5.41 Å². The number of benzene rings is 9. The highest BCUT2D eigenvalue weighted by atomic mass is 16.3. The summed E-state index contributed by atoms with van der Waals surface area (Å²) in [6, 6.07) is 79.6. The lowest BCUT2D eigenvalue weighted by atomic mass is 9.81. The summed E-state index contributed by atoms with van der Waals surface area (Å²) in [5, 5.41) is 2.07. The summed E-state index contributed by atoms with van der Waals surface area (Å²) < 4.78 is 6.55. The van der Waals surface area contributed by atoms with Gasteiger partial charge in [-0.05, 0) is 99.1 Å². The zero-order valence-electron chi connectivity index (χ0n) is 36.1. The lowest BCUT2D eigenvalue weighted by Gasteiger charge is -2.32. The van der Waals surface area contributed by atoms with Crippen LogP contribution in [0.5, 0.6) is 0 Å². The van der Waals surface area contributed by atoms with Gasteiger partial charge in [0.2, 0.25) is 0 Å². The van der Waals surface area contributed by atoms with Crippen LogP contribution in [0, 0.1) is 0 Å². The predicted molar refractivity (Wildman–Crippen MR) is 269 cm³/mol. The molecule has 0 atom stereocenters. The van der Waals surface area contributed by atoms with Gasteiger partial charge in [0.25, 0.3) is 0 Å². The van der Waals surface area contributed by atoms with Gasteiger partial charge in [0.1, 0.15) is 11.2 Å². The van der Waals surface area contributed by atoms with E-state index in [4.69, 9.17) is 14.4 Å². The van der Waals surface area contributed by atoms with E-state index in [0.717, 1.165) is 72.5 Å². The Labute approximate surface area is 378 Å². The molecule has 0 N–H and O–H groups in total. The highest BCUT2D eigenvalue weighted by molar-refractivity contribution is 6.13. The average molecular weight is 834 g/mol. The first-order valence-electron chi connectivity index (χ1n) is 22.2. The van der Waals surface area contributed by atoms with Gasteiger partial charge in [0.05, 0.1) is 17.1 Å². The SMILES string of the molecule is CC1(C)c2ccccc2-c2cccc(N(c3ccc(-c4ccc5oc6cccc(-c7cc(-c8ccccc8)nc(-c8ccccc8)n7)c6c5c4)cc3)c3cccc(-c4ccccc4)c3)c21. The van der Waals surface area contributed by atoms with Crippen molar-refractivity contribution in [3.8, 4) is 67.3 Å². The number of hydrogen-bond donors (Lipinski definition) is 0. The van der Waals surface area contributed by atoms with Gasteiger partial charge in [0.15, 0.2) is 5.82 Å². The van der Waals surface area contributed by atoms with Crippen molar-refractivity contribution in [1.82, 2.24) is 9.97 Å². The third-order valence-corrected chi connectivity index (χ3v) is 13.1. The molecule has 0 fully saturated rings. The maximum absolute atomic E-state index is 6.55. The molecule has 4 heteroatoms. The van der Waals surface area contributed by atoms with E-state index in [1.807, 2.05) is 42.5 Å². The molecule has 9 aromatic carbocycles. The molecule has 12 rings (SSSR count). The van der Waals surface area contributed by atoms with Crippen LogP contribution in [0.15, 0.2) is 229 Å². The van der Waals surface area contributed by atoms with Crippen LogP contribution >= 0.6 is 0 Å². The quantitative estimate of drug-likeness (QED) is 0.153. The van der Waals surface area contributed by atoms with Crippen LogP contribution < -0.4 is 4.90 Å². The fourth-order valence-corrected chi connectivity index (χ4v) is 9.97. The van der Waals surface area contributed by atoms with Crippen molar-refractivity contribution in [2.75, 3.05) is 4.90 Å². The van der Waals surface area contributed by atoms with Crippen molar-refractivity contribution in [1.29, 1.82) is 0 Å². The monoisotopic (exact) mass is 833 g/mol. The number of anilines is 3. The first-order valence-corrected chi connectivity index (χ1v) is 22.2. The molecule has 308 valence electrons. The fourth-order valence-electron chi connectivity index (χ4n) is 9.97. The second-order valence-corrected chi connectivity index (χ2v) is 17.4. The molecule has 4 nitrogen and oxygen atoms in total. The highest BCUT2D eigenvalue weighted by Gasteiger charge is 2.38. The summed E-state index contributed by atoms with van der Waals surface area (Å²) in [6.45, 7) is 4.72. The lowest BCUT2D eigenvalue weighted by molar-refractivity contribution is 0.661. The van der Waals surface area contributed by atoms with E-state index in [1.165, 1.54) is 39.1 Å². The number of nitrogens with zero attached hydrogens (tertiary/aromatic N) is 3. The molecule has 1 aliphatic rings. The minimum atomic E-state index is -0.197. The summed E-state index contributed by atoms with van der Waals surface area (Å²) >= 11 is 0. The molecule has 1 aliphatic carbocycles. The first-order chi connectivity index (χ1) is 32.0. The summed E-state index contributed by atoms with van der Waals surface area (Å²) in [7, 11) is 0. The van der Waals surface area contributed by atoms with Gasteiger partial charge in [-0.2, -0.15) is 0 Å². The van der Waals surface area contributed by atoms with Gasteiger partial charge in [-0.3, -0.25) is 0 Å². The van der Waals surface area contributed by atoms with Crippen molar-refractivity contribution in [3.63, 3.8) is 0 Å². The molecule has 0 radical (unpaired) electrons. The summed E-state index contributed by atoms with van der Waals surface area (Å²) in [5.41, 5.74) is 19.4. The summed E-state index contributed by atoms with van der Waals surface area (Å²) in [4.78, 5) is 12.7. The first kappa shape index (κ1) is 38.3.